The second-order valence-corrected chi connectivity index (χ2v) is 8.94. The number of hydrogen-bond acceptors (Lipinski definition) is 7. The van der Waals surface area contributed by atoms with Crippen LogP contribution in [0, 0.1) is 6.92 Å². The zero-order valence-electron chi connectivity index (χ0n) is 18.7. The number of anilines is 1. The number of hydrogen-bond donors (Lipinski definition) is 1. The Morgan fingerprint density at radius 2 is 2.03 bits per heavy atom. The minimum absolute atomic E-state index is 0.0241. The lowest BCUT2D eigenvalue weighted by Crippen LogP contribution is -2.33. The summed E-state index contributed by atoms with van der Waals surface area (Å²) >= 11 is 1.71. The van der Waals surface area contributed by atoms with E-state index in [9.17, 15) is 4.79 Å². The molecule has 7 nitrogen and oxygen atoms in total. The van der Waals surface area contributed by atoms with Gasteiger partial charge in [0.2, 0.25) is 0 Å². The summed E-state index contributed by atoms with van der Waals surface area (Å²) in [7, 11) is 3.92. The number of benzene rings is 1. The van der Waals surface area contributed by atoms with Crippen molar-refractivity contribution in [1.29, 1.82) is 0 Å². The first-order valence-electron chi connectivity index (χ1n) is 10.8. The number of fused-ring (bicyclic) bond motifs is 1. The van der Waals surface area contributed by atoms with E-state index in [4.69, 9.17) is 4.74 Å². The third-order valence-electron chi connectivity index (χ3n) is 5.57. The number of carbonyl (C=O) groups is 1. The lowest BCUT2D eigenvalue weighted by atomic mass is 10.1. The lowest BCUT2D eigenvalue weighted by molar-refractivity contribution is 0.0754. The zero-order chi connectivity index (χ0) is 22.5. The molecule has 1 N–H and O–H groups in total. The number of nitrogens with zero attached hydrogens (tertiary/aromatic N) is 4. The molecule has 0 saturated heterocycles. The first-order chi connectivity index (χ1) is 15.5. The molecule has 3 heterocycles. The Morgan fingerprint density at radius 1 is 1.22 bits per heavy atom. The average molecular weight is 452 g/mol. The molecule has 4 rings (SSSR count). The number of nitrogens with one attached hydrogen (secondary N) is 1. The van der Waals surface area contributed by atoms with E-state index in [-0.39, 0.29) is 12.0 Å². The third-order valence-corrected chi connectivity index (χ3v) is 6.53. The molecule has 0 aliphatic carbocycles. The van der Waals surface area contributed by atoms with Gasteiger partial charge in [-0.15, -0.1) is 11.3 Å². The largest absolute Gasteiger partial charge is 0.485 e. The molecule has 0 saturated carbocycles. The molecule has 8 heteroatoms. The summed E-state index contributed by atoms with van der Waals surface area (Å²) < 4.78 is 6.29. The highest BCUT2D eigenvalue weighted by atomic mass is 32.1. The molecule has 0 radical (unpaired) electrons. The molecule has 0 bridgehead atoms. The van der Waals surface area contributed by atoms with E-state index < -0.39 is 0 Å². The fourth-order valence-corrected chi connectivity index (χ4v) is 4.56. The molecule has 0 unspecified atom stereocenters. The van der Waals surface area contributed by atoms with Crippen LogP contribution in [0.4, 0.5) is 5.82 Å². The van der Waals surface area contributed by atoms with Gasteiger partial charge in [0.05, 0.1) is 0 Å². The Labute approximate surface area is 193 Å². The standard InChI is InChI=1S/C24H29N5O2S/c1-17-26-15-20-23(27-17)28(3)12-13-29(24(20)30)16-18-6-8-19(9-7-18)31-21(10-11-25-2)22-5-4-14-32-22/h4-9,14-15,21,25H,10-13,16H2,1-3H3/t21-/m0/s1. The van der Waals surface area contributed by atoms with E-state index in [1.165, 1.54) is 4.88 Å². The van der Waals surface area contributed by atoms with Gasteiger partial charge in [0.25, 0.3) is 5.91 Å². The maximum absolute atomic E-state index is 13.1. The summed E-state index contributed by atoms with van der Waals surface area (Å²) in [4.78, 5) is 26.9. The van der Waals surface area contributed by atoms with Gasteiger partial charge in [-0.2, -0.15) is 0 Å². The number of aryl methyl sites for hydroxylation is 1. The summed E-state index contributed by atoms with van der Waals surface area (Å²) in [6.45, 7) is 4.62. The smallest absolute Gasteiger partial charge is 0.259 e. The van der Waals surface area contributed by atoms with Crippen molar-refractivity contribution in [3.05, 3.63) is 69.8 Å². The number of likely N-dealkylation sites (N-methyl/N-ethyl adjacent to an activating group) is 1. The summed E-state index contributed by atoms with van der Waals surface area (Å²) in [6.07, 6.45) is 2.56. The first-order valence-corrected chi connectivity index (χ1v) is 11.7. The van der Waals surface area contributed by atoms with Crippen molar-refractivity contribution < 1.29 is 9.53 Å². The van der Waals surface area contributed by atoms with Gasteiger partial charge >= 0.3 is 0 Å². The normalized spacial score (nSPS) is 14.8. The van der Waals surface area contributed by atoms with Crippen molar-refractivity contribution in [2.75, 3.05) is 38.6 Å². The topological polar surface area (TPSA) is 70.6 Å². The number of ether oxygens (including phenoxy) is 1. The highest BCUT2D eigenvalue weighted by Gasteiger charge is 2.26. The van der Waals surface area contributed by atoms with Gasteiger partial charge in [0.1, 0.15) is 29.1 Å². The minimum atomic E-state index is -0.0329. The molecule has 1 aromatic carbocycles. The predicted octanol–water partition coefficient (Wildman–Crippen LogP) is 3.67. The molecule has 2 aromatic heterocycles. The summed E-state index contributed by atoms with van der Waals surface area (Å²) in [6, 6.07) is 12.2. The van der Waals surface area contributed by atoms with Crippen molar-refractivity contribution in [1.82, 2.24) is 20.2 Å². The fourth-order valence-electron chi connectivity index (χ4n) is 3.77. The number of rotatable bonds is 8. The van der Waals surface area contributed by atoms with E-state index in [0.29, 0.717) is 30.3 Å². The molecule has 0 fully saturated rings. The molecular formula is C24H29N5O2S. The molecule has 168 valence electrons. The van der Waals surface area contributed by atoms with Gasteiger partial charge in [0, 0.05) is 44.2 Å². The summed E-state index contributed by atoms with van der Waals surface area (Å²) in [5.41, 5.74) is 1.62. The predicted molar refractivity (Wildman–Crippen MR) is 127 cm³/mol. The lowest BCUT2D eigenvalue weighted by Gasteiger charge is -2.22. The fraction of sp³-hybridized carbons (Fsp3) is 0.375. The van der Waals surface area contributed by atoms with Crippen LogP contribution in [0.2, 0.25) is 0 Å². The molecule has 32 heavy (non-hydrogen) atoms. The van der Waals surface area contributed by atoms with Crippen LogP contribution in [0.15, 0.2) is 48.0 Å². The van der Waals surface area contributed by atoms with Crippen LogP contribution in [0.25, 0.3) is 0 Å². The second-order valence-electron chi connectivity index (χ2n) is 7.96. The van der Waals surface area contributed by atoms with Crippen molar-refractivity contribution in [2.24, 2.45) is 0 Å². The van der Waals surface area contributed by atoms with Crippen LogP contribution in [0.3, 0.4) is 0 Å². The van der Waals surface area contributed by atoms with Crippen LogP contribution < -0.4 is 15.0 Å². The van der Waals surface area contributed by atoms with E-state index in [2.05, 4.69) is 32.8 Å². The number of carbonyl (C=O) groups excluding carboxylic acids is 1. The van der Waals surface area contributed by atoms with Gasteiger partial charge in [0.15, 0.2) is 0 Å². The Balaban J connectivity index is 1.45. The quantitative estimate of drug-likeness (QED) is 0.564. The average Bonchev–Trinajstić information content (AvgIpc) is 3.31. The van der Waals surface area contributed by atoms with E-state index in [0.717, 1.165) is 30.8 Å². The highest BCUT2D eigenvalue weighted by molar-refractivity contribution is 7.10. The van der Waals surface area contributed by atoms with Gasteiger partial charge in [-0.05, 0) is 49.7 Å². The highest BCUT2D eigenvalue weighted by Crippen LogP contribution is 2.28. The van der Waals surface area contributed by atoms with E-state index >= 15 is 0 Å². The molecule has 1 amide bonds. The summed E-state index contributed by atoms with van der Waals surface area (Å²) in [5.74, 6) is 2.17. The van der Waals surface area contributed by atoms with E-state index in [1.54, 1.807) is 17.5 Å². The van der Waals surface area contributed by atoms with Crippen LogP contribution in [0.5, 0.6) is 5.75 Å². The third kappa shape index (κ3) is 5.08. The molecular weight excluding hydrogens is 422 g/mol. The van der Waals surface area contributed by atoms with Crippen molar-refractivity contribution in [2.45, 2.75) is 26.0 Å². The van der Waals surface area contributed by atoms with Crippen molar-refractivity contribution >= 4 is 23.1 Å². The monoisotopic (exact) mass is 451 g/mol. The van der Waals surface area contributed by atoms with Gasteiger partial charge in [-0.1, -0.05) is 18.2 Å². The minimum Gasteiger partial charge on any atom is -0.485 e. The van der Waals surface area contributed by atoms with Gasteiger partial charge in [-0.25, -0.2) is 9.97 Å². The summed E-state index contributed by atoms with van der Waals surface area (Å²) in [5, 5.41) is 5.28. The zero-order valence-corrected chi connectivity index (χ0v) is 19.6. The molecule has 1 aliphatic rings. The Hall–Kier alpha value is -2.97. The molecule has 3 aromatic rings. The van der Waals surface area contributed by atoms with Crippen molar-refractivity contribution in [3.8, 4) is 5.75 Å². The van der Waals surface area contributed by atoms with Crippen LogP contribution in [0.1, 0.15) is 39.1 Å². The number of amides is 1. The molecule has 1 aliphatic heterocycles. The van der Waals surface area contributed by atoms with Gasteiger partial charge < -0.3 is 19.9 Å². The van der Waals surface area contributed by atoms with Crippen LogP contribution in [-0.2, 0) is 6.54 Å². The van der Waals surface area contributed by atoms with E-state index in [1.807, 2.05) is 55.1 Å². The van der Waals surface area contributed by atoms with Gasteiger partial charge in [-0.3, -0.25) is 4.79 Å². The Kier molecular flexibility index (Phi) is 7.02. The first kappa shape index (κ1) is 22.2. The number of aromatic nitrogens is 2. The maximum Gasteiger partial charge on any atom is 0.259 e. The Morgan fingerprint density at radius 3 is 2.75 bits per heavy atom. The number of thiophene rings is 1. The van der Waals surface area contributed by atoms with Crippen LogP contribution >= 0.6 is 11.3 Å². The maximum atomic E-state index is 13.1. The van der Waals surface area contributed by atoms with Crippen LogP contribution in [-0.4, -0.2) is 54.5 Å². The second kappa shape index (κ2) is 10.1. The SMILES string of the molecule is CNCC[C@H](Oc1ccc(CN2CCN(C)c3nc(C)ncc3C2=O)cc1)c1cccs1. The Bertz CT molecular complexity index is 1040. The molecule has 0 spiro atoms. The van der Waals surface area contributed by atoms with Crippen molar-refractivity contribution in [3.63, 3.8) is 0 Å². The molecule has 1 atom stereocenters.